The topological polar surface area (TPSA) is 75.4 Å². The molecule has 0 radical (unpaired) electrons. The lowest BCUT2D eigenvalue weighted by atomic mass is 10.1. The van der Waals surface area contributed by atoms with Crippen LogP contribution in [0.5, 0.6) is 0 Å². The number of nitrogen functional groups attached to an aromatic ring is 1. The smallest absolute Gasteiger partial charge is 0.265 e. The van der Waals surface area contributed by atoms with Gasteiger partial charge < -0.3 is 4.90 Å². The van der Waals surface area contributed by atoms with Gasteiger partial charge >= 0.3 is 0 Å². The van der Waals surface area contributed by atoms with Crippen LogP contribution in [0, 0.1) is 0 Å². The van der Waals surface area contributed by atoms with Crippen molar-refractivity contribution in [1.82, 2.24) is 10.3 Å². The third-order valence-electron chi connectivity index (χ3n) is 2.93. The molecule has 0 spiro atoms. The fourth-order valence-corrected chi connectivity index (χ4v) is 2.03. The lowest BCUT2D eigenvalue weighted by Gasteiger charge is -2.17. The number of hydrazine groups is 1. The van der Waals surface area contributed by atoms with Crippen molar-refractivity contribution in [3.8, 4) is 0 Å². The second-order valence-corrected chi connectivity index (χ2v) is 4.05. The number of hydrogen-bond acceptors (Lipinski definition) is 3. The number of likely N-dealkylation sites (tertiary alicyclic amines) is 1. The van der Waals surface area contributed by atoms with Crippen LogP contribution in [0.25, 0.3) is 0 Å². The van der Waals surface area contributed by atoms with Crippen LogP contribution in [0.2, 0.25) is 0 Å². The largest absolute Gasteiger partial charge is 0.338 e. The van der Waals surface area contributed by atoms with Crippen LogP contribution in [0.1, 0.15) is 28.8 Å². The van der Waals surface area contributed by atoms with E-state index in [1.807, 2.05) is 12.1 Å². The molecule has 5 heteroatoms. The molecule has 0 unspecified atom stereocenters. The summed E-state index contributed by atoms with van der Waals surface area (Å²) in [6.07, 6.45) is 1.50. The first-order chi connectivity index (χ1) is 8.22. The molecule has 5 nitrogen and oxygen atoms in total. The molecule has 0 bridgehead atoms. The van der Waals surface area contributed by atoms with E-state index in [1.165, 1.54) is 0 Å². The SMILES string of the molecule is NNC(=O)c1ccccc1CN1CCCC1=O. The molecule has 0 saturated carbocycles. The van der Waals surface area contributed by atoms with E-state index in [0.29, 0.717) is 18.5 Å². The van der Waals surface area contributed by atoms with Crippen molar-refractivity contribution in [3.63, 3.8) is 0 Å². The Morgan fingerprint density at radius 2 is 2.18 bits per heavy atom. The molecule has 1 aromatic carbocycles. The van der Waals surface area contributed by atoms with Crippen LogP contribution < -0.4 is 11.3 Å². The van der Waals surface area contributed by atoms with E-state index < -0.39 is 0 Å². The zero-order valence-corrected chi connectivity index (χ0v) is 9.48. The van der Waals surface area contributed by atoms with Crippen molar-refractivity contribution < 1.29 is 9.59 Å². The fourth-order valence-electron chi connectivity index (χ4n) is 2.03. The van der Waals surface area contributed by atoms with E-state index >= 15 is 0 Å². The molecule has 0 aromatic heterocycles. The summed E-state index contributed by atoms with van der Waals surface area (Å²) < 4.78 is 0. The molecule has 2 amide bonds. The maximum absolute atomic E-state index is 11.6. The third-order valence-corrected chi connectivity index (χ3v) is 2.93. The number of benzene rings is 1. The Balaban J connectivity index is 2.20. The number of carbonyl (C=O) groups is 2. The molecule has 2 rings (SSSR count). The second kappa shape index (κ2) is 4.97. The van der Waals surface area contributed by atoms with Crippen LogP contribution >= 0.6 is 0 Å². The number of amides is 2. The van der Waals surface area contributed by atoms with Gasteiger partial charge in [-0.3, -0.25) is 15.0 Å². The summed E-state index contributed by atoms with van der Waals surface area (Å²) in [6.45, 7) is 1.24. The molecule has 1 saturated heterocycles. The van der Waals surface area contributed by atoms with Crippen molar-refractivity contribution in [2.24, 2.45) is 5.84 Å². The van der Waals surface area contributed by atoms with Crippen LogP contribution in [0.3, 0.4) is 0 Å². The standard InChI is InChI=1S/C12H15N3O2/c13-14-12(17)10-5-2-1-4-9(10)8-15-7-3-6-11(15)16/h1-2,4-5H,3,6-8,13H2,(H,14,17). The van der Waals surface area contributed by atoms with Gasteiger partial charge in [0.05, 0.1) is 0 Å². The Morgan fingerprint density at radius 1 is 1.41 bits per heavy atom. The van der Waals surface area contributed by atoms with Crippen LogP contribution in [-0.4, -0.2) is 23.3 Å². The number of nitrogens with one attached hydrogen (secondary N) is 1. The second-order valence-electron chi connectivity index (χ2n) is 4.05. The molecular formula is C12H15N3O2. The van der Waals surface area contributed by atoms with Gasteiger partial charge in [-0.15, -0.1) is 0 Å². The maximum atomic E-state index is 11.6. The molecular weight excluding hydrogens is 218 g/mol. The van der Waals surface area contributed by atoms with E-state index in [9.17, 15) is 9.59 Å². The van der Waals surface area contributed by atoms with Gasteiger partial charge in [-0.05, 0) is 18.1 Å². The summed E-state index contributed by atoms with van der Waals surface area (Å²) in [5.41, 5.74) is 3.46. The highest BCUT2D eigenvalue weighted by molar-refractivity contribution is 5.95. The Kier molecular flexibility index (Phi) is 3.39. The average molecular weight is 233 g/mol. The molecule has 1 aliphatic heterocycles. The third kappa shape index (κ3) is 2.45. The summed E-state index contributed by atoms with van der Waals surface area (Å²) in [4.78, 5) is 24.8. The van der Waals surface area contributed by atoms with E-state index in [1.54, 1.807) is 17.0 Å². The monoisotopic (exact) mass is 233 g/mol. The molecule has 3 N–H and O–H groups in total. The molecule has 0 atom stereocenters. The Bertz CT molecular complexity index is 445. The van der Waals surface area contributed by atoms with Gasteiger partial charge in [-0.2, -0.15) is 0 Å². The summed E-state index contributed by atoms with van der Waals surface area (Å²) in [5, 5.41) is 0. The van der Waals surface area contributed by atoms with Gasteiger partial charge in [0, 0.05) is 25.1 Å². The summed E-state index contributed by atoms with van der Waals surface area (Å²) in [5.74, 6) is 4.95. The predicted octanol–water partition coefficient (Wildman–Crippen LogP) is 0.412. The van der Waals surface area contributed by atoms with Crippen LogP contribution in [0.15, 0.2) is 24.3 Å². The minimum atomic E-state index is -0.327. The predicted molar refractivity (Wildman–Crippen MR) is 62.7 cm³/mol. The molecule has 1 fully saturated rings. The molecule has 1 heterocycles. The average Bonchev–Trinajstić information content (AvgIpc) is 2.75. The Labute approximate surface area is 99.6 Å². The molecule has 90 valence electrons. The highest BCUT2D eigenvalue weighted by Gasteiger charge is 2.21. The first-order valence-corrected chi connectivity index (χ1v) is 5.59. The van der Waals surface area contributed by atoms with Gasteiger partial charge in [-0.1, -0.05) is 18.2 Å². The zero-order valence-electron chi connectivity index (χ0n) is 9.48. The lowest BCUT2D eigenvalue weighted by Crippen LogP contribution is -2.32. The first-order valence-electron chi connectivity index (χ1n) is 5.59. The number of hydrogen-bond donors (Lipinski definition) is 2. The van der Waals surface area contributed by atoms with E-state index in [0.717, 1.165) is 18.5 Å². The van der Waals surface area contributed by atoms with Crippen molar-refractivity contribution >= 4 is 11.8 Å². The van der Waals surface area contributed by atoms with Gasteiger partial charge in [0.2, 0.25) is 5.91 Å². The number of nitrogens with two attached hydrogens (primary N) is 1. The summed E-state index contributed by atoms with van der Waals surface area (Å²) in [6, 6.07) is 7.18. The van der Waals surface area contributed by atoms with Crippen molar-refractivity contribution in [2.75, 3.05) is 6.54 Å². The van der Waals surface area contributed by atoms with Gasteiger partial charge in [0.15, 0.2) is 0 Å². The van der Waals surface area contributed by atoms with Crippen molar-refractivity contribution in [1.29, 1.82) is 0 Å². The maximum Gasteiger partial charge on any atom is 0.265 e. The summed E-state index contributed by atoms with van der Waals surface area (Å²) in [7, 11) is 0. The van der Waals surface area contributed by atoms with Gasteiger partial charge in [-0.25, -0.2) is 5.84 Å². The normalized spacial score (nSPS) is 15.1. The Hall–Kier alpha value is -1.88. The van der Waals surface area contributed by atoms with Crippen LogP contribution in [-0.2, 0) is 11.3 Å². The summed E-state index contributed by atoms with van der Waals surface area (Å²) >= 11 is 0. The quantitative estimate of drug-likeness (QED) is 0.451. The minimum absolute atomic E-state index is 0.146. The van der Waals surface area contributed by atoms with Crippen LogP contribution in [0.4, 0.5) is 0 Å². The highest BCUT2D eigenvalue weighted by Crippen LogP contribution is 2.16. The van der Waals surface area contributed by atoms with Crippen molar-refractivity contribution in [2.45, 2.75) is 19.4 Å². The first kappa shape index (κ1) is 11.6. The lowest BCUT2D eigenvalue weighted by molar-refractivity contribution is -0.128. The molecule has 1 aromatic rings. The van der Waals surface area contributed by atoms with E-state index in [-0.39, 0.29) is 11.8 Å². The van der Waals surface area contributed by atoms with Gasteiger partial charge in [0.1, 0.15) is 0 Å². The Morgan fingerprint density at radius 3 is 2.82 bits per heavy atom. The minimum Gasteiger partial charge on any atom is -0.338 e. The molecule has 1 aliphatic rings. The van der Waals surface area contributed by atoms with Crippen molar-refractivity contribution in [3.05, 3.63) is 35.4 Å². The number of rotatable bonds is 3. The zero-order chi connectivity index (χ0) is 12.3. The van der Waals surface area contributed by atoms with Gasteiger partial charge in [0.25, 0.3) is 5.91 Å². The molecule has 17 heavy (non-hydrogen) atoms. The molecule has 0 aliphatic carbocycles. The van der Waals surface area contributed by atoms with E-state index in [4.69, 9.17) is 5.84 Å². The number of carbonyl (C=O) groups excluding carboxylic acids is 2. The number of nitrogens with zero attached hydrogens (tertiary/aromatic N) is 1. The van der Waals surface area contributed by atoms with E-state index in [2.05, 4.69) is 5.43 Å². The fraction of sp³-hybridized carbons (Fsp3) is 0.333. The highest BCUT2D eigenvalue weighted by atomic mass is 16.2.